The summed E-state index contributed by atoms with van der Waals surface area (Å²) in [7, 11) is 0. The largest absolute Gasteiger partial charge is 0.299 e. The van der Waals surface area contributed by atoms with E-state index in [2.05, 4.69) is 60.0 Å². The second-order valence-electron chi connectivity index (χ2n) is 5.09. The summed E-state index contributed by atoms with van der Waals surface area (Å²) in [5, 5.41) is 3.83. The number of pyridine rings is 1. The highest BCUT2D eigenvalue weighted by Gasteiger charge is 2.11. The molecular formula is C17H14N2. The van der Waals surface area contributed by atoms with Crippen molar-refractivity contribution in [2.24, 2.45) is 0 Å². The number of imidazole rings is 1. The van der Waals surface area contributed by atoms with E-state index in [1.807, 2.05) is 6.92 Å². The molecule has 0 fully saturated rings. The number of para-hydroxylation sites is 1. The molecule has 0 amide bonds. The first kappa shape index (κ1) is 10.6. The van der Waals surface area contributed by atoms with Crippen molar-refractivity contribution < 1.29 is 0 Å². The number of hydrogen-bond acceptors (Lipinski definition) is 1. The summed E-state index contributed by atoms with van der Waals surface area (Å²) in [6.45, 7) is 4.20. The zero-order valence-corrected chi connectivity index (χ0v) is 11.0. The van der Waals surface area contributed by atoms with Gasteiger partial charge in [0.15, 0.2) is 0 Å². The minimum Gasteiger partial charge on any atom is -0.299 e. The number of fused-ring (bicyclic) bond motifs is 6. The highest BCUT2D eigenvalue weighted by atomic mass is 15.0. The Morgan fingerprint density at radius 2 is 1.68 bits per heavy atom. The second-order valence-corrected chi connectivity index (χ2v) is 5.09. The predicted octanol–water partition coefficient (Wildman–Crippen LogP) is 4.26. The van der Waals surface area contributed by atoms with E-state index in [4.69, 9.17) is 4.98 Å². The van der Waals surface area contributed by atoms with Crippen LogP contribution in [0.1, 0.15) is 11.3 Å². The van der Waals surface area contributed by atoms with Gasteiger partial charge in [0.2, 0.25) is 0 Å². The highest BCUT2D eigenvalue weighted by Crippen LogP contribution is 2.31. The van der Waals surface area contributed by atoms with E-state index in [9.17, 15) is 0 Å². The molecule has 92 valence electrons. The van der Waals surface area contributed by atoms with Crippen molar-refractivity contribution in [2.75, 3.05) is 0 Å². The molecule has 0 aliphatic heterocycles. The van der Waals surface area contributed by atoms with Gasteiger partial charge in [0.1, 0.15) is 5.65 Å². The smallest absolute Gasteiger partial charge is 0.145 e. The van der Waals surface area contributed by atoms with Gasteiger partial charge in [-0.25, -0.2) is 4.98 Å². The summed E-state index contributed by atoms with van der Waals surface area (Å²) in [5.41, 5.74) is 4.61. The van der Waals surface area contributed by atoms with Crippen LogP contribution >= 0.6 is 0 Å². The van der Waals surface area contributed by atoms with Crippen LogP contribution in [-0.2, 0) is 0 Å². The van der Waals surface area contributed by atoms with Crippen molar-refractivity contribution in [1.29, 1.82) is 0 Å². The fourth-order valence-electron chi connectivity index (χ4n) is 2.96. The molecular weight excluding hydrogens is 232 g/mol. The minimum absolute atomic E-state index is 1.06. The first-order chi connectivity index (χ1) is 9.25. The molecule has 2 nitrogen and oxygen atoms in total. The van der Waals surface area contributed by atoms with Crippen molar-refractivity contribution in [2.45, 2.75) is 13.8 Å². The molecule has 19 heavy (non-hydrogen) atoms. The first-order valence-corrected chi connectivity index (χ1v) is 6.51. The standard InChI is InChI=1S/C17H14N2/c1-11-6-5-8-14-13-7-3-4-9-15(13)19-10-12(2)18-17(19)16(11)14/h3-10H,1-2H3. The SMILES string of the molecule is Cc1cn2c3ccccc3c3cccc(C)c3c2n1. The molecule has 2 aromatic heterocycles. The molecule has 0 aliphatic carbocycles. The van der Waals surface area contributed by atoms with E-state index in [1.54, 1.807) is 0 Å². The second kappa shape index (κ2) is 3.58. The molecule has 2 heterocycles. The van der Waals surface area contributed by atoms with E-state index < -0.39 is 0 Å². The fourth-order valence-corrected chi connectivity index (χ4v) is 2.96. The van der Waals surface area contributed by atoms with Gasteiger partial charge in [-0.3, -0.25) is 4.40 Å². The Bertz CT molecular complexity index is 932. The Morgan fingerprint density at radius 1 is 0.895 bits per heavy atom. The molecule has 4 rings (SSSR count). The zero-order valence-electron chi connectivity index (χ0n) is 11.0. The van der Waals surface area contributed by atoms with Crippen LogP contribution in [0.15, 0.2) is 48.7 Å². The number of rotatable bonds is 0. The lowest BCUT2D eigenvalue weighted by atomic mass is 10.0. The van der Waals surface area contributed by atoms with Crippen molar-refractivity contribution in [3.8, 4) is 0 Å². The summed E-state index contributed by atoms with van der Waals surface area (Å²) in [5.74, 6) is 0. The number of hydrogen-bond donors (Lipinski definition) is 0. The Kier molecular flexibility index (Phi) is 1.99. The summed E-state index contributed by atoms with van der Waals surface area (Å²) < 4.78 is 2.21. The number of nitrogens with zero attached hydrogens (tertiary/aromatic N) is 2. The molecule has 0 bridgehead atoms. The topological polar surface area (TPSA) is 17.3 Å². The third-order valence-electron chi connectivity index (χ3n) is 3.78. The van der Waals surface area contributed by atoms with E-state index >= 15 is 0 Å². The average molecular weight is 246 g/mol. The lowest BCUT2D eigenvalue weighted by Gasteiger charge is -2.09. The van der Waals surface area contributed by atoms with Gasteiger partial charge in [-0.15, -0.1) is 0 Å². The maximum absolute atomic E-state index is 4.72. The van der Waals surface area contributed by atoms with Crippen LogP contribution in [0.2, 0.25) is 0 Å². The number of benzene rings is 2. The maximum Gasteiger partial charge on any atom is 0.145 e. The summed E-state index contributed by atoms with van der Waals surface area (Å²) in [4.78, 5) is 4.72. The molecule has 0 saturated heterocycles. The summed E-state index contributed by atoms with van der Waals surface area (Å²) in [6, 6.07) is 15.0. The average Bonchev–Trinajstić information content (AvgIpc) is 2.81. The molecule has 4 aromatic rings. The van der Waals surface area contributed by atoms with E-state index in [-0.39, 0.29) is 0 Å². The van der Waals surface area contributed by atoms with Gasteiger partial charge in [-0.05, 0) is 30.9 Å². The van der Waals surface area contributed by atoms with Gasteiger partial charge in [0, 0.05) is 17.0 Å². The van der Waals surface area contributed by atoms with Crippen molar-refractivity contribution in [3.63, 3.8) is 0 Å². The van der Waals surface area contributed by atoms with Crippen molar-refractivity contribution >= 4 is 27.3 Å². The number of aromatic nitrogens is 2. The highest BCUT2D eigenvalue weighted by molar-refractivity contribution is 6.12. The van der Waals surface area contributed by atoms with Crippen molar-refractivity contribution in [1.82, 2.24) is 9.38 Å². The summed E-state index contributed by atoms with van der Waals surface area (Å²) >= 11 is 0. The summed E-state index contributed by atoms with van der Waals surface area (Å²) in [6.07, 6.45) is 2.11. The lowest BCUT2D eigenvalue weighted by Crippen LogP contribution is -1.91. The zero-order chi connectivity index (χ0) is 13.0. The minimum atomic E-state index is 1.06. The molecule has 0 spiro atoms. The molecule has 0 unspecified atom stereocenters. The maximum atomic E-state index is 4.72. The Morgan fingerprint density at radius 3 is 2.58 bits per heavy atom. The van der Waals surface area contributed by atoms with Crippen LogP contribution in [0.5, 0.6) is 0 Å². The van der Waals surface area contributed by atoms with Gasteiger partial charge in [-0.2, -0.15) is 0 Å². The normalized spacial score (nSPS) is 11.7. The van der Waals surface area contributed by atoms with Gasteiger partial charge in [-0.1, -0.05) is 36.4 Å². The van der Waals surface area contributed by atoms with E-state index in [0.717, 1.165) is 11.3 Å². The molecule has 0 aliphatic rings. The third-order valence-corrected chi connectivity index (χ3v) is 3.78. The van der Waals surface area contributed by atoms with Gasteiger partial charge < -0.3 is 0 Å². The monoisotopic (exact) mass is 246 g/mol. The van der Waals surface area contributed by atoms with E-state index in [1.165, 1.54) is 27.2 Å². The molecule has 2 heteroatoms. The third kappa shape index (κ3) is 1.34. The Balaban J connectivity index is 2.47. The Hall–Kier alpha value is -2.35. The van der Waals surface area contributed by atoms with Crippen LogP contribution < -0.4 is 0 Å². The van der Waals surface area contributed by atoms with Gasteiger partial charge in [0.05, 0.1) is 11.2 Å². The van der Waals surface area contributed by atoms with Crippen molar-refractivity contribution in [3.05, 3.63) is 59.9 Å². The lowest BCUT2D eigenvalue weighted by molar-refractivity contribution is 1.26. The first-order valence-electron chi connectivity index (χ1n) is 6.51. The van der Waals surface area contributed by atoms with Crippen LogP contribution in [0, 0.1) is 13.8 Å². The molecule has 0 saturated carbocycles. The molecule has 2 aromatic carbocycles. The van der Waals surface area contributed by atoms with Crippen LogP contribution in [0.25, 0.3) is 27.3 Å². The number of aryl methyl sites for hydroxylation is 2. The van der Waals surface area contributed by atoms with Crippen LogP contribution in [0.3, 0.4) is 0 Å². The molecule has 0 atom stereocenters. The van der Waals surface area contributed by atoms with Gasteiger partial charge in [0.25, 0.3) is 0 Å². The molecule has 0 radical (unpaired) electrons. The van der Waals surface area contributed by atoms with Gasteiger partial charge >= 0.3 is 0 Å². The Labute approximate surface area is 111 Å². The van der Waals surface area contributed by atoms with Crippen LogP contribution in [-0.4, -0.2) is 9.38 Å². The fraction of sp³-hybridized carbons (Fsp3) is 0.118. The quantitative estimate of drug-likeness (QED) is 0.424. The van der Waals surface area contributed by atoms with Crippen LogP contribution in [0.4, 0.5) is 0 Å². The van der Waals surface area contributed by atoms with E-state index in [0.29, 0.717) is 0 Å². The predicted molar refractivity (Wildman–Crippen MR) is 79.7 cm³/mol. The molecule has 0 N–H and O–H groups in total.